The van der Waals surface area contributed by atoms with Crippen molar-refractivity contribution in [3.8, 4) is 11.5 Å². The quantitative estimate of drug-likeness (QED) is 0.752. The Kier molecular flexibility index (Phi) is 6.66. The van der Waals surface area contributed by atoms with Crippen LogP contribution in [0.1, 0.15) is 20.8 Å². The lowest BCUT2D eigenvalue weighted by atomic mass is 10.2. The third kappa shape index (κ3) is 5.80. The molecule has 0 aromatic carbocycles. The number of ether oxygens (including phenoxy) is 3. The summed E-state index contributed by atoms with van der Waals surface area (Å²) in [4.78, 5) is 34.7. The first-order chi connectivity index (χ1) is 15.4. The van der Waals surface area contributed by atoms with Gasteiger partial charge in [-0.05, 0) is 32.9 Å². The van der Waals surface area contributed by atoms with Crippen molar-refractivity contribution in [2.24, 2.45) is 0 Å². The number of pyridine rings is 1. The number of rotatable bonds is 4. The van der Waals surface area contributed by atoms with Crippen molar-refractivity contribution < 1.29 is 19.0 Å². The summed E-state index contributed by atoms with van der Waals surface area (Å²) in [6.07, 6.45) is 1.03. The Morgan fingerprint density at radius 2 is 1.50 bits per heavy atom. The molecule has 2 aromatic heterocycles. The Hall–Kier alpha value is -3.05. The highest BCUT2D eigenvalue weighted by atomic mass is 16.6. The van der Waals surface area contributed by atoms with Crippen LogP contribution in [0, 0.1) is 0 Å². The number of nitrogens with one attached hydrogen (secondary N) is 1. The molecule has 2 fully saturated rings. The lowest BCUT2D eigenvalue weighted by molar-refractivity contribution is 0.0636. The summed E-state index contributed by atoms with van der Waals surface area (Å²) >= 11 is 0. The van der Waals surface area contributed by atoms with E-state index in [2.05, 4.69) is 30.1 Å². The van der Waals surface area contributed by atoms with Gasteiger partial charge in [0.25, 0.3) is 0 Å². The predicted octanol–water partition coefficient (Wildman–Crippen LogP) is 1.95. The topological polar surface area (TPSA) is 115 Å². The molecule has 2 aromatic rings. The number of carbonyl (C=O) groups excluding carboxylic acids is 1. The summed E-state index contributed by atoms with van der Waals surface area (Å²) in [5.41, 5.74) is 0.540. The van der Waals surface area contributed by atoms with Crippen molar-refractivity contribution in [3.63, 3.8) is 0 Å². The molecule has 32 heavy (non-hydrogen) atoms. The SMILES string of the molecule is CC(C)(C)OC(=O)Nc1ccc(-c2nc(N3CCOCC3)nc(N3CCOCC3)n2)nc1. The van der Waals surface area contributed by atoms with E-state index in [-0.39, 0.29) is 0 Å². The summed E-state index contributed by atoms with van der Waals surface area (Å²) in [5, 5.41) is 2.68. The van der Waals surface area contributed by atoms with E-state index >= 15 is 0 Å². The van der Waals surface area contributed by atoms with Gasteiger partial charge < -0.3 is 24.0 Å². The first-order valence-corrected chi connectivity index (χ1v) is 10.8. The van der Waals surface area contributed by atoms with Crippen LogP contribution in [-0.2, 0) is 14.2 Å². The van der Waals surface area contributed by atoms with Crippen molar-refractivity contribution >= 4 is 23.7 Å². The van der Waals surface area contributed by atoms with Crippen molar-refractivity contribution in [3.05, 3.63) is 18.3 Å². The number of hydrogen-bond donors (Lipinski definition) is 1. The highest BCUT2D eigenvalue weighted by Gasteiger charge is 2.22. The molecule has 2 aliphatic rings. The molecule has 11 nitrogen and oxygen atoms in total. The van der Waals surface area contributed by atoms with Crippen LogP contribution >= 0.6 is 0 Å². The maximum atomic E-state index is 12.0. The molecule has 0 radical (unpaired) electrons. The Balaban J connectivity index is 1.57. The molecule has 1 N–H and O–H groups in total. The average molecular weight is 444 g/mol. The zero-order valence-electron chi connectivity index (χ0n) is 18.7. The molecule has 11 heteroatoms. The van der Waals surface area contributed by atoms with E-state index < -0.39 is 11.7 Å². The van der Waals surface area contributed by atoms with Gasteiger partial charge in [-0.25, -0.2) is 4.79 Å². The minimum absolute atomic E-state index is 0.479. The lowest BCUT2D eigenvalue weighted by Crippen LogP contribution is -2.40. The maximum absolute atomic E-state index is 12.0. The number of hydrogen-bond acceptors (Lipinski definition) is 10. The van der Waals surface area contributed by atoms with Crippen molar-refractivity contribution in [1.82, 2.24) is 19.9 Å². The maximum Gasteiger partial charge on any atom is 0.412 e. The largest absolute Gasteiger partial charge is 0.444 e. The van der Waals surface area contributed by atoms with Crippen LogP contribution in [-0.4, -0.2) is 84.2 Å². The van der Waals surface area contributed by atoms with Gasteiger partial charge in [-0.1, -0.05) is 0 Å². The van der Waals surface area contributed by atoms with Crippen molar-refractivity contribution in [1.29, 1.82) is 0 Å². The van der Waals surface area contributed by atoms with Gasteiger partial charge >= 0.3 is 6.09 Å². The molecule has 2 saturated heterocycles. The number of aromatic nitrogens is 4. The second-order valence-electron chi connectivity index (χ2n) is 8.52. The first-order valence-electron chi connectivity index (χ1n) is 10.8. The van der Waals surface area contributed by atoms with Crippen LogP contribution in [0.25, 0.3) is 11.5 Å². The summed E-state index contributed by atoms with van der Waals surface area (Å²) in [6, 6.07) is 3.52. The zero-order valence-corrected chi connectivity index (χ0v) is 18.7. The third-order valence-electron chi connectivity index (χ3n) is 4.84. The highest BCUT2D eigenvalue weighted by molar-refractivity contribution is 5.84. The Labute approximate surface area is 187 Å². The van der Waals surface area contributed by atoms with Gasteiger partial charge in [0.05, 0.1) is 38.3 Å². The fraction of sp³-hybridized carbons (Fsp3) is 0.571. The van der Waals surface area contributed by atoms with Crippen LogP contribution in [0.15, 0.2) is 18.3 Å². The Morgan fingerprint density at radius 3 is 1.97 bits per heavy atom. The van der Waals surface area contributed by atoms with E-state index in [0.29, 0.717) is 55.5 Å². The van der Waals surface area contributed by atoms with Gasteiger partial charge in [-0.3, -0.25) is 10.3 Å². The van der Waals surface area contributed by atoms with E-state index in [1.54, 1.807) is 18.3 Å². The molecule has 0 unspecified atom stereocenters. The van der Waals surface area contributed by atoms with Crippen LogP contribution < -0.4 is 15.1 Å². The normalized spacial score (nSPS) is 17.2. The number of carbonyl (C=O) groups is 1. The Bertz CT molecular complexity index is 884. The Morgan fingerprint density at radius 1 is 0.938 bits per heavy atom. The average Bonchev–Trinajstić information content (AvgIpc) is 2.79. The molecule has 4 rings (SSSR count). The minimum Gasteiger partial charge on any atom is -0.444 e. The fourth-order valence-electron chi connectivity index (χ4n) is 3.30. The minimum atomic E-state index is -0.575. The van der Waals surface area contributed by atoms with Crippen LogP contribution in [0.2, 0.25) is 0 Å². The molecule has 2 aliphatic heterocycles. The van der Waals surface area contributed by atoms with Crippen molar-refractivity contribution in [2.75, 3.05) is 67.7 Å². The molecule has 0 saturated carbocycles. The summed E-state index contributed by atoms with van der Waals surface area (Å²) in [7, 11) is 0. The van der Waals surface area contributed by atoms with Gasteiger partial charge in [0.15, 0.2) is 5.82 Å². The van der Waals surface area contributed by atoms with E-state index in [1.165, 1.54) is 0 Å². The highest BCUT2D eigenvalue weighted by Crippen LogP contribution is 2.22. The molecule has 1 amide bonds. The number of amides is 1. The number of anilines is 3. The van der Waals surface area contributed by atoms with Gasteiger partial charge in [0.1, 0.15) is 11.3 Å². The third-order valence-corrected chi connectivity index (χ3v) is 4.84. The predicted molar refractivity (Wildman–Crippen MR) is 119 cm³/mol. The van der Waals surface area contributed by atoms with Gasteiger partial charge in [0.2, 0.25) is 11.9 Å². The summed E-state index contributed by atoms with van der Waals surface area (Å²) in [6.45, 7) is 10.9. The molecular weight excluding hydrogens is 414 g/mol. The van der Waals surface area contributed by atoms with Crippen molar-refractivity contribution in [2.45, 2.75) is 26.4 Å². The molecular formula is C21H29N7O4. The second-order valence-corrected chi connectivity index (χ2v) is 8.52. The second kappa shape index (κ2) is 9.61. The van der Waals surface area contributed by atoms with E-state index in [4.69, 9.17) is 19.2 Å². The van der Waals surface area contributed by atoms with Gasteiger partial charge in [-0.2, -0.15) is 15.0 Å². The van der Waals surface area contributed by atoms with Gasteiger partial charge in [-0.15, -0.1) is 0 Å². The molecule has 0 bridgehead atoms. The zero-order chi connectivity index (χ0) is 22.6. The van der Waals surface area contributed by atoms with E-state index in [9.17, 15) is 4.79 Å². The molecule has 4 heterocycles. The van der Waals surface area contributed by atoms with Crippen LogP contribution in [0.5, 0.6) is 0 Å². The molecule has 0 spiro atoms. The lowest BCUT2D eigenvalue weighted by Gasteiger charge is -2.30. The van der Waals surface area contributed by atoms with E-state index in [0.717, 1.165) is 26.2 Å². The van der Waals surface area contributed by atoms with Crippen LogP contribution in [0.3, 0.4) is 0 Å². The standard InChI is InChI=1S/C21H29N7O4/c1-21(2,3)32-20(29)23-15-4-5-16(22-14-15)17-24-18(27-6-10-30-11-7-27)26-19(25-17)28-8-12-31-13-9-28/h4-5,14H,6-13H2,1-3H3,(H,23,29). The fourth-order valence-corrected chi connectivity index (χ4v) is 3.30. The molecule has 0 aliphatic carbocycles. The molecule has 172 valence electrons. The monoisotopic (exact) mass is 443 g/mol. The summed E-state index contributed by atoms with van der Waals surface area (Å²) in [5.74, 6) is 1.70. The molecule has 0 atom stereocenters. The first kappa shape index (κ1) is 22.2. The smallest absolute Gasteiger partial charge is 0.412 e. The van der Waals surface area contributed by atoms with E-state index in [1.807, 2.05) is 20.8 Å². The number of morpholine rings is 2. The number of nitrogens with zero attached hydrogens (tertiary/aromatic N) is 6. The van der Waals surface area contributed by atoms with Crippen LogP contribution in [0.4, 0.5) is 22.4 Å². The van der Waals surface area contributed by atoms with Gasteiger partial charge in [0, 0.05) is 26.2 Å². The summed E-state index contributed by atoms with van der Waals surface area (Å²) < 4.78 is 16.2.